The number of benzene rings is 2. The number of alkyl halides is 1. The van der Waals surface area contributed by atoms with Gasteiger partial charge in [-0.2, -0.15) is 5.26 Å². The van der Waals surface area contributed by atoms with Gasteiger partial charge in [-0.05, 0) is 30.3 Å². The first-order valence-electron chi connectivity index (χ1n) is 5.77. The van der Waals surface area contributed by atoms with Crippen molar-refractivity contribution in [2.75, 3.05) is 7.11 Å². The van der Waals surface area contributed by atoms with Crippen LogP contribution in [-0.2, 0) is 5.88 Å². The lowest BCUT2D eigenvalue weighted by atomic mass is 10.2. The van der Waals surface area contributed by atoms with Crippen LogP contribution in [0, 0.1) is 17.1 Å². The highest BCUT2D eigenvalue weighted by atomic mass is 35.5. The van der Waals surface area contributed by atoms with Crippen molar-refractivity contribution >= 4 is 11.6 Å². The van der Waals surface area contributed by atoms with Crippen LogP contribution in [0.3, 0.4) is 0 Å². The van der Waals surface area contributed by atoms with Crippen LogP contribution in [0.1, 0.15) is 11.1 Å². The van der Waals surface area contributed by atoms with Gasteiger partial charge in [0.2, 0.25) is 0 Å². The SMILES string of the molecule is COc1cc(C#N)cc(Oc2ccc(F)cc2CCl)c1. The van der Waals surface area contributed by atoms with Crippen LogP contribution >= 0.6 is 11.6 Å². The van der Waals surface area contributed by atoms with Gasteiger partial charge in [-0.25, -0.2) is 4.39 Å². The van der Waals surface area contributed by atoms with E-state index in [0.717, 1.165) is 0 Å². The summed E-state index contributed by atoms with van der Waals surface area (Å²) in [6.07, 6.45) is 0. The van der Waals surface area contributed by atoms with E-state index in [1.807, 2.05) is 6.07 Å². The van der Waals surface area contributed by atoms with Crippen LogP contribution in [0.15, 0.2) is 36.4 Å². The highest BCUT2D eigenvalue weighted by molar-refractivity contribution is 6.17. The molecule has 0 aliphatic carbocycles. The highest BCUT2D eigenvalue weighted by Gasteiger charge is 2.08. The van der Waals surface area contributed by atoms with E-state index in [1.165, 1.54) is 25.3 Å². The molecule has 0 radical (unpaired) electrons. The van der Waals surface area contributed by atoms with Crippen molar-refractivity contribution in [1.29, 1.82) is 5.26 Å². The van der Waals surface area contributed by atoms with Crippen LogP contribution in [0.25, 0.3) is 0 Å². The Bertz CT molecular complexity index is 667. The Kier molecular flexibility index (Phi) is 4.44. The van der Waals surface area contributed by atoms with Crippen LogP contribution in [0.2, 0.25) is 0 Å². The van der Waals surface area contributed by atoms with E-state index in [2.05, 4.69) is 0 Å². The summed E-state index contributed by atoms with van der Waals surface area (Å²) in [6.45, 7) is 0. The van der Waals surface area contributed by atoms with Crippen molar-refractivity contribution in [3.8, 4) is 23.3 Å². The maximum absolute atomic E-state index is 13.1. The molecule has 3 nitrogen and oxygen atoms in total. The maximum Gasteiger partial charge on any atom is 0.132 e. The number of ether oxygens (including phenoxy) is 2. The first kappa shape index (κ1) is 14.2. The molecule has 0 aromatic heterocycles. The Morgan fingerprint density at radius 3 is 2.60 bits per heavy atom. The molecule has 0 aliphatic heterocycles. The van der Waals surface area contributed by atoms with E-state index in [4.69, 9.17) is 26.3 Å². The largest absolute Gasteiger partial charge is 0.497 e. The molecular weight excluding hydrogens is 281 g/mol. The number of rotatable bonds is 4. The standard InChI is InChI=1S/C15H11ClFNO2/c1-19-13-4-10(9-18)5-14(7-13)20-15-3-2-12(17)6-11(15)8-16/h2-7H,8H2,1H3. The Morgan fingerprint density at radius 2 is 1.95 bits per heavy atom. The first-order chi connectivity index (χ1) is 9.66. The van der Waals surface area contributed by atoms with Crippen molar-refractivity contribution in [1.82, 2.24) is 0 Å². The highest BCUT2D eigenvalue weighted by Crippen LogP contribution is 2.30. The third-order valence-corrected chi connectivity index (χ3v) is 2.93. The van der Waals surface area contributed by atoms with Gasteiger partial charge < -0.3 is 9.47 Å². The van der Waals surface area contributed by atoms with Gasteiger partial charge in [0.05, 0.1) is 24.6 Å². The molecule has 0 unspecified atom stereocenters. The zero-order chi connectivity index (χ0) is 14.5. The van der Waals surface area contributed by atoms with E-state index in [0.29, 0.717) is 28.4 Å². The number of nitriles is 1. The normalized spacial score (nSPS) is 9.90. The number of methoxy groups -OCH3 is 1. The second kappa shape index (κ2) is 6.27. The van der Waals surface area contributed by atoms with Crippen molar-refractivity contribution in [3.63, 3.8) is 0 Å². The second-order valence-electron chi connectivity index (χ2n) is 4.00. The zero-order valence-electron chi connectivity index (χ0n) is 10.7. The Balaban J connectivity index is 2.37. The van der Waals surface area contributed by atoms with Gasteiger partial charge in [0, 0.05) is 11.6 Å². The van der Waals surface area contributed by atoms with E-state index in [1.54, 1.807) is 18.2 Å². The zero-order valence-corrected chi connectivity index (χ0v) is 11.4. The summed E-state index contributed by atoms with van der Waals surface area (Å²) in [6, 6.07) is 10.9. The molecule has 0 N–H and O–H groups in total. The first-order valence-corrected chi connectivity index (χ1v) is 6.31. The third-order valence-electron chi connectivity index (χ3n) is 2.64. The van der Waals surface area contributed by atoms with Gasteiger partial charge in [-0.1, -0.05) is 0 Å². The summed E-state index contributed by atoms with van der Waals surface area (Å²) in [4.78, 5) is 0. The van der Waals surface area contributed by atoms with Crippen LogP contribution < -0.4 is 9.47 Å². The Labute approximate surface area is 121 Å². The Morgan fingerprint density at radius 1 is 1.20 bits per heavy atom. The second-order valence-corrected chi connectivity index (χ2v) is 4.26. The smallest absolute Gasteiger partial charge is 0.132 e. The predicted molar refractivity (Wildman–Crippen MR) is 73.7 cm³/mol. The van der Waals surface area contributed by atoms with Crippen molar-refractivity contribution < 1.29 is 13.9 Å². The minimum atomic E-state index is -0.378. The van der Waals surface area contributed by atoms with E-state index >= 15 is 0 Å². The van der Waals surface area contributed by atoms with Gasteiger partial charge in [0.15, 0.2) is 0 Å². The minimum Gasteiger partial charge on any atom is -0.497 e. The van der Waals surface area contributed by atoms with Gasteiger partial charge >= 0.3 is 0 Å². The molecule has 0 heterocycles. The predicted octanol–water partition coefficient (Wildman–Crippen LogP) is 4.24. The minimum absolute atomic E-state index is 0.127. The fraction of sp³-hybridized carbons (Fsp3) is 0.133. The fourth-order valence-corrected chi connectivity index (χ4v) is 1.90. The number of hydrogen-bond acceptors (Lipinski definition) is 3. The maximum atomic E-state index is 13.1. The molecule has 0 spiro atoms. The summed E-state index contributed by atoms with van der Waals surface area (Å²) in [5.41, 5.74) is 0.946. The molecule has 102 valence electrons. The van der Waals surface area contributed by atoms with Gasteiger partial charge in [0.1, 0.15) is 23.1 Å². The van der Waals surface area contributed by atoms with Gasteiger partial charge in [-0.3, -0.25) is 0 Å². The van der Waals surface area contributed by atoms with Crippen molar-refractivity contribution in [3.05, 3.63) is 53.3 Å². The van der Waals surface area contributed by atoms with Gasteiger partial charge in [-0.15, -0.1) is 11.6 Å². The van der Waals surface area contributed by atoms with E-state index in [-0.39, 0.29) is 11.7 Å². The molecule has 5 heteroatoms. The summed E-state index contributed by atoms with van der Waals surface area (Å²) < 4.78 is 23.9. The topological polar surface area (TPSA) is 42.2 Å². The molecule has 0 fully saturated rings. The summed E-state index contributed by atoms with van der Waals surface area (Å²) in [5, 5.41) is 8.95. The molecule has 0 bridgehead atoms. The van der Waals surface area contributed by atoms with Gasteiger partial charge in [0.25, 0.3) is 0 Å². The molecular formula is C15H11ClFNO2. The van der Waals surface area contributed by atoms with Crippen LogP contribution in [-0.4, -0.2) is 7.11 Å². The van der Waals surface area contributed by atoms with Crippen LogP contribution in [0.4, 0.5) is 4.39 Å². The molecule has 0 aliphatic rings. The summed E-state index contributed by atoms with van der Waals surface area (Å²) in [5.74, 6) is 1.13. The lowest BCUT2D eigenvalue weighted by Crippen LogP contribution is -1.93. The molecule has 0 atom stereocenters. The molecule has 2 aromatic carbocycles. The number of nitrogens with zero attached hydrogens (tertiary/aromatic N) is 1. The number of hydrogen-bond donors (Lipinski definition) is 0. The number of halogens is 2. The monoisotopic (exact) mass is 291 g/mol. The average molecular weight is 292 g/mol. The fourth-order valence-electron chi connectivity index (χ4n) is 1.69. The van der Waals surface area contributed by atoms with Crippen LogP contribution in [0.5, 0.6) is 17.2 Å². The summed E-state index contributed by atoms with van der Waals surface area (Å²) >= 11 is 5.76. The molecule has 0 saturated carbocycles. The van der Waals surface area contributed by atoms with Crippen molar-refractivity contribution in [2.45, 2.75) is 5.88 Å². The third kappa shape index (κ3) is 3.19. The van der Waals surface area contributed by atoms with E-state index in [9.17, 15) is 4.39 Å². The molecule has 2 rings (SSSR count). The lowest BCUT2D eigenvalue weighted by molar-refractivity contribution is 0.408. The average Bonchev–Trinajstić information content (AvgIpc) is 2.48. The molecule has 0 saturated heterocycles. The quantitative estimate of drug-likeness (QED) is 0.791. The summed E-state index contributed by atoms with van der Waals surface area (Å²) in [7, 11) is 1.50. The lowest BCUT2D eigenvalue weighted by Gasteiger charge is -2.11. The Hall–Kier alpha value is -2.25. The van der Waals surface area contributed by atoms with Crippen molar-refractivity contribution in [2.24, 2.45) is 0 Å². The molecule has 20 heavy (non-hydrogen) atoms. The molecule has 2 aromatic rings. The van der Waals surface area contributed by atoms with E-state index < -0.39 is 0 Å². The molecule has 0 amide bonds.